The molecule has 0 radical (unpaired) electrons. The molecule has 0 N–H and O–H groups in total. The van der Waals surface area contributed by atoms with Crippen LogP contribution in [0.4, 0.5) is 5.69 Å². The Labute approximate surface area is 155 Å². The number of amides is 1. The number of rotatable bonds is 4. The van der Waals surface area contributed by atoms with Crippen LogP contribution in [0.3, 0.4) is 0 Å². The van der Waals surface area contributed by atoms with E-state index >= 15 is 0 Å². The first-order valence-corrected chi connectivity index (χ1v) is 8.87. The summed E-state index contributed by atoms with van der Waals surface area (Å²) in [6, 6.07) is 11.9. The van der Waals surface area contributed by atoms with E-state index in [1.54, 1.807) is 26.4 Å². The van der Waals surface area contributed by atoms with E-state index in [9.17, 15) is 4.79 Å². The van der Waals surface area contributed by atoms with Crippen molar-refractivity contribution in [2.75, 3.05) is 45.3 Å². The Morgan fingerprint density at radius 1 is 0.962 bits per heavy atom. The molecule has 2 aromatic carbocycles. The molecule has 5 nitrogen and oxygen atoms in total. The van der Waals surface area contributed by atoms with Crippen molar-refractivity contribution >= 4 is 11.6 Å². The molecular weight excluding hydrogens is 328 g/mol. The number of benzene rings is 2. The van der Waals surface area contributed by atoms with E-state index in [-0.39, 0.29) is 5.91 Å². The van der Waals surface area contributed by atoms with Gasteiger partial charge in [-0.25, -0.2) is 0 Å². The number of ether oxygens (including phenoxy) is 2. The zero-order chi connectivity index (χ0) is 18.7. The first-order chi connectivity index (χ1) is 12.5. The fraction of sp³-hybridized carbons (Fsp3) is 0.381. The molecule has 3 rings (SSSR count). The molecule has 1 amide bonds. The number of nitrogens with zero attached hydrogens (tertiary/aromatic N) is 2. The van der Waals surface area contributed by atoms with Crippen LogP contribution in [0.25, 0.3) is 0 Å². The summed E-state index contributed by atoms with van der Waals surface area (Å²) in [5, 5.41) is 0. The Morgan fingerprint density at radius 3 is 2.31 bits per heavy atom. The highest BCUT2D eigenvalue weighted by Crippen LogP contribution is 2.32. The smallest absolute Gasteiger partial charge is 0.257 e. The standard InChI is InChI=1S/C21H26N2O3/c1-15-8-9-18(16(2)14-15)22-10-12-23(13-11-22)21(24)17-6-5-7-19(25-3)20(17)26-4/h5-9,14H,10-13H2,1-4H3. The van der Waals surface area contributed by atoms with Crippen LogP contribution in [0.15, 0.2) is 36.4 Å². The summed E-state index contributed by atoms with van der Waals surface area (Å²) in [6.45, 7) is 7.26. The van der Waals surface area contributed by atoms with Crippen molar-refractivity contribution in [3.63, 3.8) is 0 Å². The van der Waals surface area contributed by atoms with Crippen LogP contribution >= 0.6 is 0 Å². The van der Waals surface area contributed by atoms with Gasteiger partial charge in [0.15, 0.2) is 11.5 Å². The van der Waals surface area contributed by atoms with Crippen LogP contribution in [0.5, 0.6) is 11.5 Å². The summed E-state index contributed by atoms with van der Waals surface area (Å²) in [4.78, 5) is 17.2. The second-order valence-electron chi connectivity index (χ2n) is 6.61. The van der Waals surface area contributed by atoms with Gasteiger partial charge in [0.2, 0.25) is 0 Å². The number of para-hydroxylation sites is 1. The van der Waals surface area contributed by atoms with Crippen LogP contribution in [0, 0.1) is 13.8 Å². The molecular formula is C21H26N2O3. The molecule has 0 bridgehead atoms. The summed E-state index contributed by atoms with van der Waals surface area (Å²) in [6.07, 6.45) is 0. The summed E-state index contributed by atoms with van der Waals surface area (Å²) >= 11 is 0. The zero-order valence-electron chi connectivity index (χ0n) is 15.9. The summed E-state index contributed by atoms with van der Waals surface area (Å²) < 4.78 is 10.7. The van der Waals surface area contributed by atoms with Crippen molar-refractivity contribution in [3.8, 4) is 11.5 Å². The third-order valence-corrected chi connectivity index (χ3v) is 4.89. The number of hydrogen-bond donors (Lipinski definition) is 0. The fourth-order valence-corrected chi connectivity index (χ4v) is 3.54. The molecule has 0 aliphatic carbocycles. The largest absolute Gasteiger partial charge is 0.493 e. The van der Waals surface area contributed by atoms with Crippen LogP contribution < -0.4 is 14.4 Å². The lowest BCUT2D eigenvalue weighted by atomic mass is 10.1. The van der Waals surface area contributed by atoms with Crippen molar-refractivity contribution < 1.29 is 14.3 Å². The van der Waals surface area contributed by atoms with E-state index in [2.05, 4.69) is 36.9 Å². The van der Waals surface area contributed by atoms with Crippen LogP contribution in [0.2, 0.25) is 0 Å². The van der Waals surface area contributed by atoms with Gasteiger partial charge in [-0.05, 0) is 37.6 Å². The molecule has 0 spiro atoms. The van der Waals surface area contributed by atoms with E-state index in [1.165, 1.54) is 16.8 Å². The molecule has 1 aliphatic heterocycles. The van der Waals surface area contributed by atoms with Gasteiger partial charge in [-0.15, -0.1) is 0 Å². The van der Waals surface area contributed by atoms with Gasteiger partial charge in [-0.1, -0.05) is 23.8 Å². The van der Waals surface area contributed by atoms with Gasteiger partial charge < -0.3 is 19.3 Å². The van der Waals surface area contributed by atoms with Gasteiger partial charge in [0, 0.05) is 31.9 Å². The lowest BCUT2D eigenvalue weighted by Crippen LogP contribution is -2.49. The molecule has 1 aliphatic rings. The molecule has 5 heteroatoms. The second-order valence-corrected chi connectivity index (χ2v) is 6.61. The summed E-state index contributed by atoms with van der Waals surface area (Å²) in [5.74, 6) is 1.06. The first kappa shape index (κ1) is 18.1. The average Bonchev–Trinajstić information content (AvgIpc) is 2.67. The maximum atomic E-state index is 13.0. The van der Waals surface area contributed by atoms with Crippen molar-refractivity contribution in [2.24, 2.45) is 0 Å². The molecule has 26 heavy (non-hydrogen) atoms. The van der Waals surface area contributed by atoms with Crippen LogP contribution in [0.1, 0.15) is 21.5 Å². The van der Waals surface area contributed by atoms with Crippen molar-refractivity contribution in [3.05, 3.63) is 53.1 Å². The van der Waals surface area contributed by atoms with Gasteiger partial charge in [-0.2, -0.15) is 0 Å². The van der Waals surface area contributed by atoms with E-state index in [4.69, 9.17) is 9.47 Å². The third-order valence-electron chi connectivity index (χ3n) is 4.89. The zero-order valence-corrected chi connectivity index (χ0v) is 15.9. The minimum Gasteiger partial charge on any atom is -0.493 e. The minimum atomic E-state index is -0.0129. The Balaban J connectivity index is 1.73. The van der Waals surface area contributed by atoms with Crippen LogP contribution in [-0.4, -0.2) is 51.2 Å². The third kappa shape index (κ3) is 3.47. The fourth-order valence-electron chi connectivity index (χ4n) is 3.54. The molecule has 0 atom stereocenters. The monoisotopic (exact) mass is 354 g/mol. The van der Waals surface area contributed by atoms with E-state index in [1.807, 2.05) is 11.0 Å². The lowest BCUT2D eigenvalue weighted by molar-refractivity contribution is 0.0742. The maximum Gasteiger partial charge on any atom is 0.257 e. The predicted octanol–water partition coefficient (Wildman–Crippen LogP) is 3.28. The maximum absolute atomic E-state index is 13.0. The highest BCUT2D eigenvalue weighted by atomic mass is 16.5. The van der Waals surface area contributed by atoms with Crippen molar-refractivity contribution in [1.29, 1.82) is 0 Å². The minimum absolute atomic E-state index is 0.0129. The Morgan fingerprint density at radius 2 is 1.69 bits per heavy atom. The molecule has 0 saturated carbocycles. The number of hydrogen-bond acceptors (Lipinski definition) is 4. The van der Waals surface area contributed by atoms with Crippen LogP contribution in [-0.2, 0) is 0 Å². The molecule has 0 unspecified atom stereocenters. The van der Waals surface area contributed by atoms with Gasteiger partial charge in [0.1, 0.15) is 0 Å². The second kappa shape index (κ2) is 7.68. The Kier molecular flexibility index (Phi) is 5.35. The normalized spacial score (nSPS) is 14.3. The Bertz CT molecular complexity index is 796. The predicted molar refractivity (Wildman–Crippen MR) is 104 cm³/mol. The number of methoxy groups -OCH3 is 2. The average molecular weight is 354 g/mol. The lowest BCUT2D eigenvalue weighted by Gasteiger charge is -2.37. The van der Waals surface area contributed by atoms with Crippen molar-refractivity contribution in [2.45, 2.75) is 13.8 Å². The quantitative estimate of drug-likeness (QED) is 0.845. The SMILES string of the molecule is COc1cccc(C(=O)N2CCN(c3ccc(C)cc3C)CC2)c1OC. The van der Waals surface area contributed by atoms with Crippen molar-refractivity contribution in [1.82, 2.24) is 4.90 Å². The Hall–Kier alpha value is -2.69. The van der Waals surface area contributed by atoms with Gasteiger partial charge in [0.25, 0.3) is 5.91 Å². The highest BCUT2D eigenvalue weighted by Gasteiger charge is 2.26. The number of carbonyl (C=O) groups excluding carboxylic acids is 1. The number of aryl methyl sites for hydroxylation is 2. The first-order valence-electron chi connectivity index (χ1n) is 8.87. The highest BCUT2D eigenvalue weighted by molar-refractivity contribution is 5.98. The number of piperazine rings is 1. The number of carbonyl (C=O) groups is 1. The molecule has 0 aromatic heterocycles. The van der Waals surface area contributed by atoms with Gasteiger partial charge >= 0.3 is 0 Å². The summed E-state index contributed by atoms with van der Waals surface area (Å²) in [7, 11) is 3.14. The van der Waals surface area contributed by atoms with E-state index in [0.29, 0.717) is 30.2 Å². The number of anilines is 1. The van der Waals surface area contributed by atoms with E-state index in [0.717, 1.165) is 13.1 Å². The van der Waals surface area contributed by atoms with Gasteiger partial charge in [-0.3, -0.25) is 4.79 Å². The van der Waals surface area contributed by atoms with Gasteiger partial charge in [0.05, 0.1) is 19.8 Å². The topological polar surface area (TPSA) is 42.0 Å². The molecule has 1 heterocycles. The summed E-state index contributed by atoms with van der Waals surface area (Å²) in [5.41, 5.74) is 4.35. The molecule has 2 aromatic rings. The molecule has 1 saturated heterocycles. The molecule has 1 fully saturated rings. The molecule has 138 valence electrons. The van der Waals surface area contributed by atoms with E-state index < -0.39 is 0 Å².